The largest absolute Gasteiger partial charge is 0.495 e. The van der Waals surface area contributed by atoms with Gasteiger partial charge in [0.15, 0.2) is 0 Å². The van der Waals surface area contributed by atoms with E-state index in [0.717, 1.165) is 31.1 Å². The summed E-state index contributed by atoms with van der Waals surface area (Å²) in [5.74, 6) is 0.720. The van der Waals surface area contributed by atoms with Crippen LogP contribution in [0.3, 0.4) is 0 Å². The minimum Gasteiger partial charge on any atom is -0.495 e. The zero-order valence-electron chi connectivity index (χ0n) is 10.9. The number of likely N-dealkylation sites (N-methyl/N-ethyl adjacent to an activating group) is 1. The van der Waals surface area contributed by atoms with Crippen molar-refractivity contribution in [3.63, 3.8) is 0 Å². The van der Waals surface area contributed by atoms with E-state index in [-0.39, 0.29) is 0 Å². The van der Waals surface area contributed by atoms with Crippen LogP contribution in [0.4, 0.5) is 11.4 Å². The number of nitrogens with two attached hydrogens (primary N) is 1. The Bertz CT molecular complexity index is 342. The summed E-state index contributed by atoms with van der Waals surface area (Å²) in [5, 5.41) is 0. The number of rotatable bonds is 7. The highest BCUT2D eigenvalue weighted by Crippen LogP contribution is 2.31. The predicted octanol–water partition coefficient (Wildman–Crippen LogP) is 2.14. The molecular weight excluding hydrogens is 216 g/mol. The first-order chi connectivity index (χ1) is 8.24. The van der Waals surface area contributed by atoms with Crippen LogP contribution in [0.5, 0.6) is 5.75 Å². The molecule has 0 atom stereocenters. The van der Waals surface area contributed by atoms with E-state index in [0.29, 0.717) is 12.3 Å². The molecule has 0 aliphatic carbocycles. The Labute approximate surface area is 103 Å². The first-order valence-electron chi connectivity index (χ1n) is 5.99. The summed E-state index contributed by atoms with van der Waals surface area (Å²) < 4.78 is 10.6. The number of benzene rings is 1. The van der Waals surface area contributed by atoms with E-state index in [9.17, 15) is 0 Å². The van der Waals surface area contributed by atoms with Crippen molar-refractivity contribution in [2.45, 2.75) is 13.8 Å². The third-order valence-electron chi connectivity index (χ3n) is 2.70. The third kappa shape index (κ3) is 3.53. The van der Waals surface area contributed by atoms with Gasteiger partial charge < -0.3 is 20.1 Å². The maximum Gasteiger partial charge on any atom is 0.143 e. The van der Waals surface area contributed by atoms with Gasteiger partial charge in [-0.3, -0.25) is 0 Å². The fraction of sp³-hybridized carbons (Fsp3) is 0.538. The molecule has 0 saturated carbocycles. The van der Waals surface area contributed by atoms with Crippen molar-refractivity contribution in [3.8, 4) is 5.75 Å². The molecule has 0 radical (unpaired) electrons. The quantitative estimate of drug-likeness (QED) is 0.584. The SMILES string of the molecule is CCOCCN(CC)c1cccc(OC)c1N. The van der Waals surface area contributed by atoms with Crippen LogP contribution in [0.1, 0.15) is 13.8 Å². The molecule has 0 unspecified atom stereocenters. The van der Waals surface area contributed by atoms with Gasteiger partial charge in [-0.05, 0) is 26.0 Å². The maximum absolute atomic E-state index is 6.07. The standard InChI is InChI=1S/C13H22N2O2/c1-4-15(9-10-17-5-2)11-7-6-8-12(16-3)13(11)14/h6-8H,4-5,9-10,14H2,1-3H3. The van der Waals surface area contributed by atoms with Crippen LogP contribution < -0.4 is 15.4 Å². The van der Waals surface area contributed by atoms with Crippen molar-refractivity contribution in [2.24, 2.45) is 0 Å². The number of hydrogen-bond acceptors (Lipinski definition) is 4. The number of ether oxygens (including phenoxy) is 2. The molecule has 0 saturated heterocycles. The molecule has 17 heavy (non-hydrogen) atoms. The summed E-state index contributed by atoms with van der Waals surface area (Å²) in [7, 11) is 1.63. The Hall–Kier alpha value is -1.42. The van der Waals surface area contributed by atoms with E-state index in [1.807, 2.05) is 25.1 Å². The molecule has 0 heterocycles. The molecular formula is C13H22N2O2. The molecule has 0 aliphatic rings. The van der Waals surface area contributed by atoms with Crippen LogP contribution in [0.25, 0.3) is 0 Å². The van der Waals surface area contributed by atoms with Crippen molar-refractivity contribution in [1.82, 2.24) is 0 Å². The summed E-state index contributed by atoms with van der Waals surface area (Å²) >= 11 is 0. The third-order valence-corrected chi connectivity index (χ3v) is 2.70. The van der Waals surface area contributed by atoms with E-state index < -0.39 is 0 Å². The molecule has 0 spiro atoms. The van der Waals surface area contributed by atoms with E-state index in [1.165, 1.54) is 0 Å². The number of anilines is 2. The average molecular weight is 238 g/mol. The van der Waals surface area contributed by atoms with Gasteiger partial charge in [-0.15, -0.1) is 0 Å². The Kier molecular flexibility index (Phi) is 5.63. The van der Waals surface area contributed by atoms with Crippen LogP contribution in [0, 0.1) is 0 Å². The van der Waals surface area contributed by atoms with Crippen molar-refractivity contribution < 1.29 is 9.47 Å². The van der Waals surface area contributed by atoms with Gasteiger partial charge in [0, 0.05) is 19.7 Å². The highest BCUT2D eigenvalue weighted by atomic mass is 16.5. The predicted molar refractivity (Wildman–Crippen MR) is 71.8 cm³/mol. The molecule has 96 valence electrons. The Morgan fingerprint density at radius 1 is 1.29 bits per heavy atom. The molecule has 1 aromatic rings. The zero-order valence-corrected chi connectivity index (χ0v) is 10.9. The maximum atomic E-state index is 6.07. The Balaban J connectivity index is 2.80. The summed E-state index contributed by atoms with van der Waals surface area (Å²) in [5.41, 5.74) is 7.76. The van der Waals surface area contributed by atoms with Gasteiger partial charge in [-0.1, -0.05) is 6.07 Å². The molecule has 4 nitrogen and oxygen atoms in total. The van der Waals surface area contributed by atoms with Gasteiger partial charge in [0.25, 0.3) is 0 Å². The lowest BCUT2D eigenvalue weighted by molar-refractivity contribution is 0.154. The van der Waals surface area contributed by atoms with Crippen LogP contribution in [0.2, 0.25) is 0 Å². The van der Waals surface area contributed by atoms with E-state index in [4.69, 9.17) is 15.2 Å². The molecule has 4 heteroatoms. The lowest BCUT2D eigenvalue weighted by atomic mass is 10.2. The minimum atomic E-state index is 0.688. The fourth-order valence-corrected chi connectivity index (χ4v) is 1.75. The van der Waals surface area contributed by atoms with Crippen molar-refractivity contribution in [2.75, 3.05) is 44.0 Å². The van der Waals surface area contributed by atoms with Crippen LogP contribution in [0.15, 0.2) is 18.2 Å². The Morgan fingerprint density at radius 2 is 2.06 bits per heavy atom. The smallest absolute Gasteiger partial charge is 0.143 e. The zero-order chi connectivity index (χ0) is 12.7. The normalized spacial score (nSPS) is 10.3. The second-order valence-corrected chi connectivity index (χ2v) is 3.67. The average Bonchev–Trinajstić information content (AvgIpc) is 2.36. The summed E-state index contributed by atoms with van der Waals surface area (Å²) in [6.07, 6.45) is 0. The molecule has 0 fully saturated rings. The van der Waals surface area contributed by atoms with Gasteiger partial charge >= 0.3 is 0 Å². The monoisotopic (exact) mass is 238 g/mol. The summed E-state index contributed by atoms with van der Waals surface area (Å²) in [6, 6.07) is 5.83. The number of hydrogen-bond donors (Lipinski definition) is 1. The first-order valence-corrected chi connectivity index (χ1v) is 5.99. The molecule has 0 aromatic heterocycles. The first kappa shape index (κ1) is 13.6. The van der Waals surface area contributed by atoms with Crippen LogP contribution in [-0.2, 0) is 4.74 Å². The molecule has 2 N–H and O–H groups in total. The van der Waals surface area contributed by atoms with Crippen LogP contribution in [-0.4, -0.2) is 33.4 Å². The second-order valence-electron chi connectivity index (χ2n) is 3.67. The summed E-state index contributed by atoms with van der Waals surface area (Å²) in [4.78, 5) is 2.19. The summed E-state index contributed by atoms with van der Waals surface area (Å²) in [6.45, 7) is 7.28. The molecule has 0 bridgehead atoms. The van der Waals surface area contributed by atoms with E-state index >= 15 is 0 Å². The van der Waals surface area contributed by atoms with Gasteiger partial charge in [0.05, 0.1) is 25.1 Å². The molecule has 1 rings (SSSR count). The van der Waals surface area contributed by atoms with Gasteiger partial charge in [0.2, 0.25) is 0 Å². The number of nitrogen functional groups attached to an aromatic ring is 1. The molecule has 0 amide bonds. The second kappa shape index (κ2) is 7.01. The van der Waals surface area contributed by atoms with Gasteiger partial charge in [-0.25, -0.2) is 0 Å². The van der Waals surface area contributed by atoms with Gasteiger partial charge in [0.1, 0.15) is 5.75 Å². The Morgan fingerprint density at radius 3 is 2.65 bits per heavy atom. The van der Waals surface area contributed by atoms with Crippen molar-refractivity contribution in [3.05, 3.63) is 18.2 Å². The number of nitrogens with zero attached hydrogens (tertiary/aromatic N) is 1. The van der Waals surface area contributed by atoms with E-state index in [2.05, 4.69) is 11.8 Å². The molecule has 1 aromatic carbocycles. The van der Waals surface area contributed by atoms with E-state index in [1.54, 1.807) is 7.11 Å². The lowest BCUT2D eigenvalue weighted by Crippen LogP contribution is -2.28. The number of para-hydroxylation sites is 1. The lowest BCUT2D eigenvalue weighted by Gasteiger charge is -2.25. The molecule has 0 aliphatic heterocycles. The van der Waals surface area contributed by atoms with Crippen LogP contribution >= 0.6 is 0 Å². The topological polar surface area (TPSA) is 47.7 Å². The van der Waals surface area contributed by atoms with Gasteiger partial charge in [-0.2, -0.15) is 0 Å². The highest BCUT2D eigenvalue weighted by molar-refractivity contribution is 5.74. The number of methoxy groups -OCH3 is 1. The highest BCUT2D eigenvalue weighted by Gasteiger charge is 2.11. The van der Waals surface area contributed by atoms with Crippen molar-refractivity contribution in [1.29, 1.82) is 0 Å². The fourth-order valence-electron chi connectivity index (χ4n) is 1.75. The minimum absolute atomic E-state index is 0.688. The van der Waals surface area contributed by atoms with Crippen molar-refractivity contribution >= 4 is 11.4 Å².